The highest BCUT2D eigenvalue weighted by Gasteiger charge is 2.27. The van der Waals surface area contributed by atoms with Crippen LogP contribution in [0.3, 0.4) is 0 Å². The van der Waals surface area contributed by atoms with Crippen molar-refractivity contribution in [3.8, 4) is 0 Å². The first kappa shape index (κ1) is 13.5. The van der Waals surface area contributed by atoms with E-state index in [0.717, 1.165) is 30.7 Å². The summed E-state index contributed by atoms with van der Waals surface area (Å²) in [5, 5.41) is 2.14. The van der Waals surface area contributed by atoms with E-state index in [1.165, 1.54) is 4.88 Å². The van der Waals surface area contributed by atoms with E-state index in [1.807, 2.05) is 0 Å². The van der Waals surface area contributed by atoms with Crippen LogP contribution in [0.5, 0.6) is 0 Å². The lowest BCUT2D eigenvalue weighted by molar-refractivity contribution is 0.102. The first-order valence-corrected chi connectivity index (χ1v) is 7.67. The quantitative estimate of drug-likeness (QED) is 0.927. The molecular formula is C12H20BrN3S. The molecule has 1 aliphatic heterocycles. The highest BCUT2D eigenvalue weighted by Crippen LogP contribution is 2.31. The summed E-state index contributed by atoms with van der Waals surface area (Å²) in [6, 6.07) is 2.74. The van der Waals surface area contributed by atoms with Gasteiger partial charge in [0.25, 0.3) is 0 Å². The SMILES string of the molecule is CC(N)C(c1cc(Br)cs1)N1CCN(C)CC1. The predicted octanol–water partition coefficient (Wildman–Crippen LogP) is 2.15. The van der Waals surface area contributed by atoms with E-state index >= 15 is 0 Å². The van der Waals surface area contributed by atoms with Gasteiger partial charge in [0.05, 0.1) is 6.04 Å². The van der Waals surface area contributed by atoms with Gasteiger partial charge in [0.1, 0.15) is 0 Å². The van der Waals surface area contributed by atoms with Crippen LogP contribution in [-0.4, -0.2) is 49.1 Å². The molecule has 1 aliphatic rings. The molecule has 0 spiro atoms. The number of likely N-dealkylation sites (N-methyl/N-ethyl adjacent to an activating group) is 1. The topological polar surface area (TPSA) is 32.5 Å². The number of thiophene rings is 1. The van der Waals surface area contributed by atoms with Gasteiger partial charge in [-0.1, -0.05) is 0 Å². The molecule has 2 atom stereocenters. The third kappa shape index (κ3) is 3.29. The zero-order valence-corrected chi connectivity index (χ0v) is 12.8. The number of nitrogens with two attached hydrogens (primary N) is 1. The number of hydrogen-bond donors (Lipinski definition) is 1. The van der Waals surface area contributed by atoms with Gasteiger partial charge in [0, 0.05) is 47.0 Å². The number of hydrogen-bond acceptors (Lipinski definition) is 4. The summed E-state index contributed by atoms with van der Waals surface area (Å²) in [6.45, 7) is 6.60. The normalized spacial score (nSPS) is 22.6. The summed E-state index contributed by atoms with van der Waals surface area (Å²) in [7, 11) is 2.18. The van der Waals surface area contributed by atoms with Crippen molar-refractivity contribution in [2.75, 3.05) is 33.2 Å². The molecule has 1 aromatic rings. The molecule has 0 radical (unpaired) electrons. The summed E-state index contributed by atoms with van der Waals surface area (Å²) in [4.78, 5) is 6.26. The zero-order valence-electron chi connectivity index (χ0n) is 10.4. The highest BCUT2D eigenvalue weighted by atomic mass is 79.9. The van der Waals surface area contributed by atoms with Gasteiger partial charge in [-0.05, 0) is 36.0 Å². The van der Waals surface area contributed by atoms with Gasteiger partial charge in [-0.3, -0.25) is 4.90 Å². The van der Waals surface area contributed by atoms with E-state index in [-0.39, 0.29) is 6.04 Å². The fraction of sp³-hybridized carbons (Fsp3) is 0.667. The molecule has 0 bridgehead atoms. The average Bonchev–Trinajstić information content (AvgIpc) is 2.68. The van der Waals surface area contributed by atoms with Crippen LogP contribution in [0.1, 0.15) is 17.8 Å². The average molecular weight is 318 g/mol. The largest absolute Gasteiger partial charge is 0.326 e. The Kier molecular flexibility index (Phi) is 4.60. The Labute approximate surface area is 116 Å². The maximum absolute atomic E-state index is 6.18. The zero-order chi connectivity index (χ0) is 12.4. The maximum Gasteiger partial charge on any atom is 0.0592 e. The van der Waals surface area contributed by atoms with E-state index in [2.05, 4.69) is 51.1 Å². The Morgan fingerprint density at radius 3 is 2.47 bits per heavy atom. The van der Waals surface area contributed by atoms with Gasteiger partial charge in [0.15, 0.2) is 0 Å². The highest BCUT2D eigenvalue weighted by molar-refractivity contribution is 9.10. The van der Waals surface area contributed by atoms with E-state index in [9.17, 15) is 0 Å². The molecule has 0 saturated carbocycles. The van der Waals surface area contributed by atoms with Crippen molar-refractivity contribution in [3.05, 3.63) is 20.8 Å². The minimum absolute atomic E-state index is 0.170. The van der Waals surface area contributed by atoms with Gasteiger partial charge in [-0.2, -0.15) is 0 Å². The predicted molar refractivity (Wildman–Crippen MR) is 77.5 cm³/mol. The molecule has 2 unspecified atom stereocenters. The number of halogens is 1. The fourth-order valence-electron chi connectivity index (χ4n) is 2.36. The minimum Gasteiger partial charge on any atom is -0.326 e. The first-order valence-electron chi connectivity index (χ1n) is 6.00. The summed E-state index contributed by atoms with van der Waals surface area (Å²) in [5.41, 5.74) is 6.18. The monoisotopic (exact) mass is 317 g/mol. The standard InChI is InChI=1S/C12H20BrN3S/c1-9(14)12(11-7-10(13)8-17-11)16-5-3-15(2)4-6-16/h7-9,12H,3-6,14H2,1-2H3. The molecule has 0 aliphatic carbocycles. The van der Waals surface area contributed by atoms with Gasteiger partial charge in [-0.15, -0.1) is 11.3 Å². The Balaban J connectivity index is 2.12. The van der Waals surface area contributed by atoms with Gasteiger partial charge >= 0.3 is 0 Å². The lowest BCUT2D eigenvalue weighted by atomic mass is 10.1. The van der Waals surface area contributed by atoms with E-state index in [1.54, 1.807) is 11.3 Å². The van der Waals surface area contributed by atoms with Gasteiger partial charge < -0.3 is 10.6 Å². The van der Waals surface area contributed by atoms with Crippen LogP contribution in [0, 0.1) is 0 Å². The Morgan fingerprint density at radius 2 is 2.00 bits per heavy atom. The van der Waals surface area contributed by atoms with Crippen molar-refractivity contribution in [2.45, 2.75) is 19.0 Å². The van der Waals surface area contributed by atoms with Gasteiger partial charge in [-0.25, -0.2) is 0 Å². The molecule has 1 aromatic heterocycles. The molecule has 3 nitrogen and oxygen atoms in total. The Bertz CT molecular complexity index is 358. The second-order valence-corrected chi connectivity index (χ2v) is 6.67. The second-order valence-electron chi connectivity index (χ2n) is 4.81. The lowest BCUT2D eigenvalue weighted by Crippen LogP contribution is -2.49. The van der Waals surface area contributed by atoms with Crippen LogP contribution in [-0.2, 0) is 0 Å². The van der Waals surface area contributed by atoms with Crippen molar-refractivity contribution in [1.29, 1.82) is 0 Å². The third-order valence-corrected chi connectivity index (χ3v) is 5.07. The maximum atomic E-state index is 6.18. The number of piperazine rings is 1. The van der Waals surface area contributed by atoms with Crippen molar-refractivity contribution < 1.29 is 0 Å². The molecular weight excluding hydrogens is 298 g/mol. The minimum atomic E-state index is 0.170. The van der Waals surface area contributed by atoms with Crippen LogP contribution in [0.25, 0.3) is 0 Å². The molecule has 96 valence electrons. The van der Waals surface area contributed by atoms with Gasteiger partial charge in [0.2, 0.25) is 0 Å². The van der Waals surface area contributed by atoms with Crippen molar-refractivity contribution >= 4 is 27.3 Å². The van der Waals surface area contributed by atoms with Crippen LogP contribution in [0.2, 0.25) is 0 Å². The molecule has 2 N–H and O–H groups in total. The molecule has 0 amide bonds. The fourth-order valence-corrected chi connectivity index (χ4v) is 4.05. The van der Waals surface area contributed by atoms with Crippen LogP contribution >= 0.6 is 27.3 Å². The van der Waals surface area contributed by atoms with Crippen molar-refractivity contribution in [3.63, 3.8) is 0 Å². The third-order valence-electron chi connectivity index (χ3n) is 3.31. The Morgan fingerprint density at radius 1 is 1.35 bits per heavy atom. The molecule has 17 heavy (non-hydrogen) atoms. The molecule has 2 heterocycles. The molecule has 2 rings (SSSR count). The molecule has 1 saturated heterocycles. The van der Waals surface area contributed by atoms with Crippen LogP contribution in [0.15, 0.2) is 15.9 Å². The number of nitrogens with zero attached hydrogens (tertiary/aromatic N) is 2. The Hall–Kier alpha value is 0.0600. The van der Waals surface area contributed by atoms with Crippen LogP contribution < -0.4 is 5.73 Å². The first-order chi connectivity index (χ1) is 8.08. The summed E-state index contributed by atoms with van der Waals surface area (Å²) in [5.74, 6) is 0. The smallest absolute Gasteiger partial charge is 0.0592 e. The molecule has 1 fully saturated rings. The van der Waals surface area contributed by atoms with Crippen molar-refractivity contribution in [1.82, 2.24) is 9.80 Å². The van der Waals surface area contributed by atoms with Crippen molar-refractivity contribution in [2.24, 2.45) is 5.73 Å². The lowest BCUT2D eigenvalue weighted by Gasteiger charge is -2.39. The van der Waals surface area contributed by atoms with Crippen LogP contribution in [0.4, 0.5) is 0 Å². The summed E-state index contributed by atoms with van der Waals surface area (Å²) < 4.78 is 1.16. The van der Waals surface area contributed by atoms with E-state index in [4.69, 9.17) is 5.73 Å². The molecule has 5 heteroatoms. The van der Waals surface area contributed by atoms with E-state index < -0.39 is 0 Å². The number of rotatable bonds is 3. The van der Waals surface area contributed by atoms with E-state index in [0.29, 0.717) is 6.04 Å². The second kappa shape index (κ2) is 5.80. The summed E-state index contributed by atoms with van der Waals surface area (Å²) >= 11 is 5.32. The molecule has 0 aromatic carbocycles. The summed E-state index contributed by atoms with van der Waals surface area (Å²) in [6.07, 6.45) is 0.